The molecule has 160 valence electrons. The van der Waals surface area contributed by atoms with E-state index in [0.29, 0.717) is 11.4 Å². The van der Waals surface area contributed by atoms with E-state index < -0.39 is 0 Å². The number of carbonyl (C=O) groups is 1. The molecule has 0 saturated heterocycles. The fourth-order valence-electron chi connectivity index (χ4n) is 3.43. The van der Waals surface area contributed by atoms with E-state index in [1.54, 1.807) is 6.21 Å². The van der Waals surface area contributed by atoms with E-state index in [4.69, 9.17) is 14.8 Å². The van der Waals surface area contributed by atoms with E-state index in [0.717, 1.165) is 33.0 Å². The van der Waals surface area contributed by atoms with Gasteiger partial charge < -0.3 is 15.0 Å². The van der Waals surface area contributed by atoms with E-state index >= 15 is 0 Å². The first-order valence-electron chi connectivity index (χ1n) is 10.1. The van der Waals surface area contributed by atoms with Crippen LogP contribution < -0.4 is 14.9 Å². The Hall–Kier alpha value is -3.91. The second-order valence-electron chi connectivity index (χ2n) is 7.46. The van der Waals surface area contributed by atoms with Crippen LogP contribution >= 0.6 is 11.3 Å². The molecule has 0 atom stereocenters. The van der Waals surface area contributed by atoms with Crippen LogP contribution in [0.25, 0.3) is 11.3 Å². The maximum Gasteiger partial charge on any atom is 0.262 e. The number of thiazole rings is 1. The molecule has 0 spiro atoms. The summed E-state index contributed by atoms with van der Waals surface area (Å²) in [5.74, 6) is 0.494. The summed E-state index contributed by atoms with van der Waals surface area (Å²) in [4.78, 5) is 20.6. The van der Waals surface area contributed by atoms with Gasteiger partial charge in [0.15, 0.2) is 6.61 Å². The Morgan fingerprint density at radius 3 is 2.91 bits per heavy atom. The van der Waals surface area contributed by atoms with Gasteiger partial charge in [-0.3, -0.25) is 4.79 Å². The quantitative estimate of drug-likeness (QED) is 0.452. The molecule has 8 heteroatoms. The number of ether oxygens (including phenoxy) is 1. The highest BCUT2D eigenvalue weighted by Crippen LogP contribution is 2.33. The van der Waals surface area contributed by atoms with Crippen molar-refractivity contribution in [3.63, 3.8) is 0 Å². The summed E-state index contributed by atoms with van der Waals surface area (Å²) in [5.41, 5.74) is 6.54. The lowest BCUT2D eigenvalue weighted by atomic mass is 10.1. The highest BCUT2D eigenvalue weighted by atomic mass is 32.1. The van der Waals surface area contributed by atoms with E-state index in [1.165, 1.54) is 16.9 Å². The third-order valence-corrected chi connectivity index (χ3v) is 6.14. The number of benzene rings is 2. The van der Waals surface area contributed by atoms with Crippen molar-refractivity contribution in [2.45, 2.75) is 13.8 Å². The zero-order chi connectivity index (χ0) is 22.1. The normalized spacial score (nSPS) is 13.8. The van der Waals surface area contributed by atoms with Crippen LogP contribution in [-0.2, 0) is 4.79 Å². The minimum absolute atomic E-state index is 0.0319. The van der Waals surface area contributed by atoms with Crippen molar-refractivity contribution in [1.82, 2.24) is 9.66 Å². The van der Waals surface area contributed by atoms with Crippen molar-refractivity contribution in [2.24, 2.45) is 10.1 Å². The number of hydrogen-bond acceptors (Lipinski definition) is 5. The summed E-state index contributed by atoms with van der Waals surface area (Å²) >= 11 is 1.51. The number of rotatable bonds is 4. The minimum Gasteiger partial charge on any atom is -0.482 e. The number of hydrogen-bond donors (Lipinski definition) is 2. The monoisotopic (exact) mass is 443 g/mol. The molecule has 32 heavy (non-hydrogen) atoms. The number of aryl methyl sites for hydroxylation is 1. The lowest BCUT2D eigenvalue weighted by Gasteiger charge is -2.18. The van der Waals surface area contributed by atoms with Crippen molar-refractivity contribution in [2.75, 3.05) is 11.9 Å². The average molecular weight is 444 g/mol. The maximum absolute atomic E-state index is 11.8. The van der Waals surface area contributed by atoms with E-state index in [1.807, 2.05) is 58.7 Å². The van der Waals surface area contributed by atoms with Gasteiger partial charge in [-0.2, -0.15) is 5.10 Å². The number of aromatic amines is 1. The van der Waals surface area contributed by atoms with Crippen LogP contribution in [0.2, 0.25) is 0 Å². The van der Waals surface area contributed by atoms with E-state index in [2.05, 4.69) is 30.2 Å². The molecular formula is C24H21N5O2S. The van der Waals surface area contributed by atoms with Gasteiger partial charge in [0, 0.05) is 17.1 Å². The molecule has 0 aliphatic carbocycles. The third kappa shape index (κ3) is 3.88. The molecule has 0 saturated carbocycles. The second kappa shape index (κ2) is 8.32. The van der Waals surface area contributed by atoms with Gasteiger partial charge >= 0.3 is 0 Å². The lowest BCUT2D eigenvalue weighted by molar-refractivity contribution is -0.118. The van der Waals surface area contributed by atoms with Crippen molar-refractivity contribution in [3.05, 3.63) is 81.7 Å². The molecule has 7 nitrogen and oxygen atoms in total. The number of anilines is 1. The lowest BCUT2D eigenvalue weighted by Crippen LogP contribution is -2.25. The topological polar surface area (TPSA) is 83.8 Å². The highest BCUT2D eigenvalue weighted by Gasteiger charge is 2.18. The van der Waals surface area contributed by atoms with Crippen molar-refractivity contribution in [1.29, 1.82) is 0 Å². The fraction of sp³-hybridized carbons (Fsp3) is 0.125. The summed E-state index contributed by atoms with van der Waals surface area (Å²) in [6, 6.07) is 15.7. The molecule has 0 radical (unpaired) electrons. The number of fused-ring (bicyclic) bond motifs is 1. The highest BCUT2D eigenvalue weighted by molar-refractivity contribution is 7.07. The van der Waals surface area contributed by atoms with Gasteiger partial charge in [-0.05, 0) is 61.4 Å². The summed E-state index contributed by atoms with van der Waals surface area (Å²) in [6.07, 6.45) is 3.62. The van der Waals surface area contributed by atoms with E-state index in [-0.39, 0.29) is 12.5 Å². The molecule has 0 bridgehead atoms. The summed E-state index contributed by atoms with van der Waals surface area (Å²) in [5, 5.41) is 9.60. The first-order valence-corrected chi connectivity index (χ1v) is 11.0. The van der Waals surface area contributed by atoms with Gasteiger partial charge in [0.25, 0.3) is 5.91 Å². The Kier molecular flexibility index (Phi) is 5.20. The molecule has 2 N–H and O–H groups in total. The molecule has 0 unspecified atom stereocenters. The average Bonchev–Trinajstić information content (AvgIpc) is 3.45. The zero-order valence-corrected chi connectivity index (χ0v) is 18.4. The number of aromatic nitrogens is 2. The fourth-order valence-corrected chi connectivity index (χ4v) is 4.28. The molecule has 3 heterocycles. The molecule has 5 rings (SSSR count). The van der Waals surface area contributed by atoms with Gasteiger partial charge in [-0.15, -0.1) is 11.3 Å². The molecule has 1 aliphatic rings. The van der Waals surface area contributed by atoms with Gasteiger partial charge in [0.1, 0.15) is 5.75 Å². The van der Waals surface area contributed by atoms with E-state index in [9.17, 15) is 4.79 Å². The van der Waals surface area contributed by atoms with Crippen LogP contribution in [0.5, 0.6) is 5.75 Å². The zero-order valence-electron chi connectivity index (χ0n) is 17.6. The predicted octanol–water partition coefficient (Wildman–Crippen LogP) is 4.61. The Morgan fingerprint density at radius 2 is 2.06 bits per heavy atom. The summed E-state index contributed by atoms with van der Waals surface area (Å²) in [7, 11) is 0. The van der Waals surface area contributed by atoms with Crippen LogP contribution in [0.1, 0.15) is 16.8 Å². The van der Waals surface area contributed by atoms with Gasteiger partial charge in [-0.25, -0.2) is 9.67 Å². The van der Waals surface area contributed by atoms with Crippen molar-refractivity contribution in [3.8, 4) is 17.0 Å². The predicted molar refractivity (Wildman–Crippen MR) is 127 cm³/mol. The van der Waals surface area contributed by atoms with Crippen LogP contribution in [0.3, 0.4) is 0 Å². The Bertz CT molecular complexity index is 1400. The van der Waals surface area contributed by atoms with Crippen LogP contribution in [0.15, 0.2) is 70.2 Å². The van der Waals surface area contributed by atoms with Crippen LogP contribution in [0.4, 0.5) is 11.4 Å². The molecule has 2 aromatic heterocycles. The number of H-pyrrole nitrogens is 1. The second-order valence-corrected chi connectivity index (χ2v) is 8.30. The van der Waals surface area contributed by atoms with Gasteiger partial charge in [-0.1, -0.05) is 12.1 Å². The smallest absolute Gasteiger partial charge is 0.262 e. The van der Waals surface area contributed by atoms with Gasteiger partial charge in [0.2, 0.25) is 4.80 Å². The molecular weight excluding hydrogens is 422 g/mol. The first kappa shape index (κ1) is 20.0. The van der Waals surface area contributed by atoms with Crippen molar-refractivity contribution >= 4 is 34.8 Å². The number of nitrogens with one attached hydrogen (secondary N) is 2. The number of nitrogens with zero attached hydrogens (tertiary/aromatic N) is 3. The maximum atomic E-state index is 11.8. The summed E-state index contributed by atoms with van der Waals surface area (Å²) in [6.45, 7) is 4.18. The summed E-state index contributed by atoms with van der Waals surface area (Å²) < 4.78 is 7.31. The minimum atomic E-state index is -0.164. The SMILES string of the molecule is Cc1cccc(N=c2scc(-c3ccc4c(c3)NC(=O)CO4)n2N=Cc2ccc[nH]2)c1C. The van der Waals surface area contributed by atoms with Gasteiger partial charge in [0.05, 0.1) is 29.0 Å². The standard InChI is InChI=1S/C24H21N5O2S/c1-15-5-3-7-19(16(15)2)28-24-29(26-12-18-6-4-10-25-18)21(14-32-24)17-8-9-22-20(11-17)27-23(30)13-31-22/h3-12,14,25H,13H2,1-2H3,(H,27,30). The molecule has 1 amide bonds. The molecule has 0 fully saturated rings. The first-order chi connectivity index (χ1) is 15.6. The largest absolute Gasteiger partial charge is 0.482 e. The van der Waals surface area contributed by atoms with Crippen molar-refractivity contribution < 1.29 is 9.53 Å². The van der Waals surface area contributed by atoms with Crippen LogP contribution in [-0.4, -0.2) is 28.4 Å². The molecule has 1 aliphatic heterocycles. The third-order valence-electron chi connectivity index (χ3n) is 5.32. The molecule has 2 aromatic carbocycles. The number of carbonyl (C=O) groups excluding carboxylic acids is 1. The number of amides is 1. The molecule has 4 aromatic rings. The Labute approximate surface area is 188 Å². The van der Waals surface area contributed by atoms with Crippen LogP contribution in [0, 0.1) is 13.8 Å². The Morgan fingerprint density at radius 1 is 1.16 bits per heavy atom. The Balaban J connectivity index is 1.65.